The van der Waals surface area contributed by atoms with Crippen molar-refractivity contribution in [2.75, 3.05) is 32.8 Å². The molecule has 2 heterocycles. The van der Waals surface area contributed by atoms with Crippen molar-refractivity contribution in [3.05, 3.63) is 0 Å². The number of nitrogens with zero attached hydrogens (tertiary/aromatic N) is 3. The first kappa shape index (κ1) is 14.1. The van der Waals surface area contributed by atoms with Gasteiger partial charge < -0.3 is 10.5 Å². The molecule has 0 aromatic rings. The van der Waals surface area contributed by atoms with Gasteiger partial charge >= 0.3 is 0 Å². The lowest BCUT2D eigenvalue weighted by atomic mass is 10.0. The molecule has 2 rings (SSSR count). The van der Waals surface area contributed by atoms with E-state index in [0.717, 1.165) is 39.1 Å². The maximum Gasteiger partial charge on any atom is 0.118 e. The van der Waals surface area contributed by atoms with E-state index >= 15 is 0 Å². The standard InChI is InChI=1S/C12H23ClN4O/c1-10(13)17(15-5-4-14)11-2-6-16(7-3-11)12-8-18-9-12/h5,10-12H,2-4,6-9,14H2,1H3/b15-5-. The summed E-state index contributed by atoms with van der Waals surface area (Å²) < 4.78 is 5.24. The lowest BCUT2D eigenvalue weighted by Crippen LogP contribution is -2.54. The van der Waals surface area contributed by atoms with Gasteiger partial charge in [-0.1, -0.05) is 11.6 Å². The van der Waals surface area contributed by atoms with Crippen LogP contribution in [0.25, 0.3) is 0 Å². The van der Waals surface area contributed by atoms with Gasteiger partial charge in [0, 0.05) is 25.8 Å². The van der Waals surface area contributed by atoms with E-state index in [1.54, 1.807) is 6.21 Å². The number of hydrogen-bond acceptors (Lipinski definition) is 5. The summed E-state index contributed by atoms with van der Waals surface area (Å²) in [5, 5.41) is 6.37. The molecule has 2 aliphatic rings. The molecule has 1 unspecified atom stereocenters. The van der Waals surface area contributed by atoms with Crippen molar-refractivity contribution in [3.63, 3.8) is 0 Å². The first-order valence-electron chi connectivity index (χ1n) is 6.69. The summed E-state index contributed by atoms with van der Waals surface area (Å²) in [6.07, 6.45) is 3.94. The predicted molar refractivity (Wildman–Crippen MR) is 73.9 cm³/mol. The lowest BCUT2D eigenvalue weighted by Gasteiger charge is -2.43. The number of likely N-dealkylation sites (tertiary alicyclic amines) is 1. The molecule has 0 aliphatic carbocycles. The number of nitrogens with two attached hydrogens (primary N) is 1. The highest BCUT2D eigenvalue weighted by Gasteiger charge is 2.32. The van der Waals surface area contributed by atoms with Crippen molar-refractivity contribution in [1.29, 1.82) is 0 Å². The SMILES string of the molecule is CC(Cl)N(/N=C\CN)C1CCN(C2COC2)CC1. The van der Waals surface area contributed by atoms with Gasteiger partial charge in [0.05, 0.1) is 25.3 Å². The molecule has 18 heavy (non-hydrogen) atoms. The Hall–Kier alpha value is -0.360. The topological polar surface area (TPSA) is 54.1 Å². The van der Waals surface area contributed by atoms with Gasteiger partial charge in [-0.3, -0.25) is 9.91 Å². The van der Waals surface area contributed by atoms with Crippen LogP contribution in [0, 0.1) is 0 Å². The molecule has 0 amide bonds. The zero-order chi connectivity index (χ0) is 13.0. The second-order valence-electron chi connectivity index (χ2n) is 4.95. The van der Waals surface area contributed by atoms with Crippen LogP contribution in [0.15, 0.2) is 5.10 Å². The first-order valence-corrected chi connectivity index (χ1v) is 7.12. The second-order valence-corrected chi connectivity index (χ2v) is 5.58. The van der Waals surface area contributed by atoms with E-state index in [1.807, 2.05) is 11.9 Å². The van der Waals surface area contributed by atoms with Gasteiger partial charge in [0.1, 0.15) is 5.50 Å². The van der Waals surface area contributed by atoms with Crippen LogP contribution in [0.2, 0.25) is 0 Å². The smallest absolute Gasteiger partial charge is 0.118 e. The molecule has 5 nitrogen and oxygen atoms in total. The molecule has 1 atom stereocenters. The summed E-state index contributed by atoms with van der Waals surface area (Å²) in [4.78, 5) is 2.52. The molecule has 2 fully saturated rings. The van der Waals surface area contributed by atoms with E-state index in [0.29, 0.717) is 18.6 Å². The Morgan fingerprint density at radius 3 is 2.61 bits per heavy atom. The van der Waals surface area contributed by atoms with Crippen molar-refractivity contribution in [2.45, 2.75) is 37.4 Å². The van der Waals surface area contributed by atoms with Crippen LogP contribution in [0.5, 0.6) is 0 Å². The van der Waals surface area contributed by atoms with E-state index in [4.69, 9.17) is 22.1 Å². The highest BCUT2D eigenvalue weighted by Crippen LogP contribution is 2.23. The molecule has 0 bridgehead atoms. The van der Waals surface area contributed by atoms with Crippen molar-refractivity contribution >= 4 is 17.8 Å². The second kappa shape index (κ2) is 6.70. The van der Waals surface area contributed by atoms with E-state index in [1.165, 1.54) is 0 Å². The van der Waals surface area contributed by atoms with E-state index in [2.05, 4.69) is 10.0 Å². The minimum absolute atomic E-state index is 0.0867. The van der Waals surface area contributed by atoms with Gasteiger partial charge in [0.25, 0.3) is 0 Å². The van der Waals surface area contributed by atoms with Gasteiger partial charge in [-0.05, 0) is 19.8 Å². The number of hydrazone groups is 1. The average Bonchev–Trinajstić information content (AvgIpc) is 2.29. The maximum atomic E-state index is 6.19. The third-order valence-electron chi connectivity index (χ3n) is 3.69. The quantitative estimate of drug-likeness (QED) is 0.347. The molecular weight excluding hydrogens is 252 g/mol. The van der Waals surface area contributed by atoms with Gasteiger partial charge in [-0.15, -0.1) is 0 Å². The van der Waals surface area contributed by atoms with Crippen LogP contribution in [0.3, 0.4) is 0 Å². The molecule has 0 aromatic heterocycles. The van der Waals surface area contributed by atoms with Crippen molar-refractivity contribution in [3.8, 4) is 0 Å². The van der Waals surface area contributed by atoms with E-state index < -0.39 is 0 Å². The minimum Gasteiger partial charge on any atom is -0.378 e. The summed E-state index contributed by atoms with van der Waals surface area (Å²) in [5.41, 5.74) is 5.37. The molecule has 2 saturated heterocycles. The largest absolute Gasteiger partial charge is 0.378 e. The normalized spacial score (nSPS) is 25.3. The third-order valence-corrected chi connectivity index (χ3v) is 3.89. The Morgan fingerprint density at radius 1 is 1.50 bits per heavy atom. The average molecular weight is 275 g/mol. The Balaban J connectivity index is 1.83. The molecule has 6 heteroatoms. The molecule has 104 valence electrons. The monoisotopic (exact) mass is 274 g/mol. The Kier molecular flexibility index (Phi) is 5.24. The molecule has 0 radical (unpaired) electrons. The van der Waals surface area contributed by atoms with Crippen molar-refractivity contribution in [1.82, 2.24) is 9.91 Å². The minimum atomic E-state index is -0.0867. The number of alkyl halides is 1. The van der Waals surface area contributed by atoms with Gasteiger partial charge in [0.2, 0.25) is 0 Å². The Labute approximate surface area is 114 Å². The fourth-order valence-corrected chi connectivity index (χ4v) is 2.78. The van der Waals surface area contributed by atoms with Crippen molar-refractivity contribution < 1.29 is 4.74 Å². The first-order chi connectivity index (χ1) is 8.72. The predicted octanol–water partition coefficient (Wildman–Crippen LogP) is 0.681. The third kappa shape index (κ3) is 3.35. The highest BCUT2D eigenvalue weighted by atomic mass is 35.5. The van der Waals surface area contributed by atoms with Crippen LogP contribution in [0.1, 0.15) is 19.8 Å². The number of piperidine rings is 1. The van der Waals surface area contributed by atoms with Crippen LogP contribution in [0.4, 0.5) is 0 Å². The fraction of sp³-hybridized carbons (Fsp3) is 0.917. The molecule has 2 N–H and O–H groups in total. The summed E-state index contributed by atoms with van der Waals surface area (Å²) in [6, 6.07) is 1.07. The zero-order valence-electron chi connectivity index (χ0n) is 11.0. The van der Waals surface area contributed by atoms with Crippen LogP contribution in [-0.2, 0) is 4.74 Å². The van der Waals surface area contributed by atoms with E-state index in [-0.39, 0.29) is 5.50 Å². The van der Waals surface area contributed by atoms with Crippen molar-refractivity contribution in [2.24, 2.45) is 10.8 Å². The Morgan fingerprint density at radius 2 is 2.17 bits per heavy atom. The lowest BCUT2D eigenvalue weighted by molar-refractivity contribution is -0.0764. The summed E-state index contributed by atoms with van der Waals surface area (Å²) in [7, 11) is 0. The summed E-state index contributed by atoms with van der Waals surface area (Å²) in [5.74, 6) is 0. The zero-order valence-corrected chi connectivity index (χ0v) is 11.7. The fourth-order valence-electron chi connectivity index (χ4n) is 2.57. The molecular formula is C12H23ClN4O. The number of ether oxygens (including phenoxy) is 1. The molecule has 0 saturated carbocycles. The maximum absolute atomic E-state index is 6.19. The summed E-state index contributed by atoms with van der Waals surface area (Å²) >= 11 is 6.19. The van der Waals surface area contributed by atoms with Gasteiger partial charge in [-0.25, -0.2) is 0 Å². The summed E-state index contributed by atoms with van der Waals surface area (Å²) in [6.45, 7) is 6.42. The number of halogens is 1. The van der Waals surface area contributed by atoms with E-state index in [9.17, 15) is 0 Å². The van der Waals surface area contributed by atoms with Crippen LogP contribution < -0.4 is 5.73 Å². The highest BCUT2D eigenvalue weighted by molar-refractivity contribution is 6.20. The molecule has 0 aromatic carbocycles. The number of rotatable bonds is 5. The van der Waals surface area contributed by atoms with Gasteiger partial charge in [-0.2, -0.15) is 5.10 Å². The molecule has 2 aliphatic heterocycles. The number of hydrogen-bond donors (Lipinski definition) is 1. The van der Waals surface area contributed by atoms with Gasteiger partial charge in [0.15, 0.2) is 0 Å². The Bertz CT molecular complexity index is 275. The molecule has 0 spiro atoms. The van der Waals surface area contributed by atoms with Crippen LogP contribution >= 0.6 is 11.6 Å². The van der Waals surface area contributed by atoms with Crippen LogP contribution in [-0.4, -0.2) is 66.6 Å².